The monoisotopic (exact) mass is 315 g/mol. The van der Waals surface area contributed by atoms with Crippen molar-refractivity contribution in [3.05, 3.63) is 35.4 Å². The van der Waals surface area contributed by atoms with Crippen molar-refractivity contribution in [1.82, 2.24) is 4.90 Å². The van der Waals surface area contributed by atoms with E-state index in [-0.39, 0.29) is 11.8 Å². The number of aliphatic hydroxyl groups excluding tert-OH is 1. The van der Waals surface area contributed by atoms with Gasteiger partial charge in [0.2, 0.25) is 0 Å². The zero-order valence-electron chi connectivity index (χ0n) is 13.3. The number of hydrogen-bond acceptors (Lipinski definition) is 5. The van der Waals surface area contributed by atoms with Gasteiger partial charge in [0.25, 0.3) is 0 Å². The lowest BCUT2D eigenvalue weighted by Gasteiger charge is -2.62. The predicted octanol–water partition coefficient (Wildman–Crippen LogP) is 0.967. The Bertz CT molecular complexity index is 732. The molecular weight excluding hydrogens is 294 g/mol. The Labute approximate surface area is 135 Å². The average Bonchev–Trinajstić information content (AvgIpc) is 2.91. The molecule has 2 bridgehead atoms. The zero-order chi connectivity index (χ0) is 16.0. The fourth-order valence-corrected chi connectivity index (χ4v) is 5.64. The molecule has 1 saturated heterocycles. The molecule has 1 aromatic rings. The second-order valence-electron chi connectivity index (χ2n) is 7.26. The quantitative estimate of drug-likeness (QED) is 0.756. The molecule has 23 heavy (non-hydrogen) atoms. The fourth-order valence-electron chi connectivity index (χ4n) is 5.64. The van der Waals surface area contributed by atoms with E-state index in [9.17, 15) is 10.2 Å². The highest BCUT2D eigenvalue weighted by molar-refractivity contribution is 5.64. The van der Waals surface area contributed by atoms with Crippen molar-refractivity contribution in [1.29, 1.82) is 0 Å². The molecule has 1 fully saturated rings. The smallest absolute Gasteiger partial charge is 0.165 e. The van der Waals surface area contributed by atoms with Crippen molar-refractivity contribution < 1.29 is 19.7 Å². The van der Waals surface area contributed by atoms with Crippen LogP contribution in [0.15, 0.2) is 24.3 Å². The highest BCUT2D eigenvalue weighted by Crippen LogP contribution is 2.64. The van der Waals surface area contributed by atoms with Crippen molar-refractivity contribution in [2.45, 2.75) is 42.1 Å². The van der Waals surface area contributed by atoms with Crippen LogP contribution < -0.4 is 4.74 Å². The van der Waals surface area contributed by atoms with Gasteiger partial charge in [-0.05, 0) is 38.1 Å². The maximum absolute atomic E-state index is 10.6. The summed E-state index contributed by atoms with van der Waals surface area (Å²) in [5.41, 5.74) is 1.29. The van der Waals surface area contributed by atoms with Crippen LogP contribution in [0.2, 0.25) is 0 Å². The van der Waals surface area contributed by atoms with E-state index in [4.69, 9.17) is 9.47 Å². The standard InChI is InChI=1S/C18H21NO4/c1-19-8-7-17-14-10-3-4-11(20)15(14)23-16(17)12(21)5-6-18(17,22-2)13(19)9-10/h3-6,12-13,16,20-21H,7-9H2,1-2H3/t12-,13+,16-,17-,18+/m0/s1. The number of aliphatic hydroxyl groups is 1. The number of benzene rings is 1. The van der Waals surface area contributed by atoms with E-state index in [1.54, 1.807) is 19.3 Å². The number of methoxy groups -OCH3 is 1. The van der Waals surface area contributed by atoms with Gasteiger partial charge < -0.3 is 19.7 Å². The number of rotatable bonds is 1. The third kappa shape index (κ3) is 1.29. The van der Waals surface area contributed by atoms with Crippen molar-refractivity contribution in [3.8, 4) is 11.5 Å². The minimum Gasteiger partial charge on any atom is -0.504 e. The topological polar surface area (TPSA) is 62.2 Å². The minimum atomic E-state index is -0.694. The van der Waals surface area contributed by atoms with Gasteiger partial charge in [0.05, 0.1) is 5.41 Å². The number of ether oxygens (including phenoxy) is 2. The van der Waals surface area contributed by atoms with Crippen molar-refractivity contribution in [2.75, 3.05) is 20.7 Å². The van der Waals surface area contributed by atoms with E-state index in [1.165, 1.54) is 5.56 Å². The summed E-state index contributed by atoms with van der Waals surface area (Å²) >= 11 is 0. The van der Waals surface area contributed by atoms with Crippen molar-refractivity contribution in [2.24, 2.45) is 0 Å². The summed E-state index contributed by atoms with van der Waals surface area (Å²) < 4.78 is 12.3. The van der Waals surface area contributed by atoms with Gasteiger partial charge in [0, 0.05) is 18.7 Å². The number of phenolic OH excluding ortho intramolecular Hbond substituents is 1. The van der Waals surface area contributed by atoms with Crippen LogP contribution in [0.5, 0.6) is 11.5 Å². The van der Waals surface area contributed by atoms with Crippen LogP contribution in [-0.4, -0.2) is 59.7 Å². The Morgan fingerprint density at radius 1 is 1.39 bits per heavy atom. The van der Waals surface area contributed by atoms with Gasteiger partial charge in [-0.3, -0.25) is 4.90 Å². The molecule has 122 valence electrons. The highest BCUT2D eigenvalue weighted by atomic mass is 16.5. The Balaban J connectivity index is 1.90. The molecule has 5 rings (SSSR count). The van der Waals surface area contributed by atoms with Crippen LogP contribution in [0, 0.1) is 0 Å². The molecule has 1 spiro atoms. The van der Waals surface area contributed by atoms with Gasteiger partial charge in [-0.15, -0.1) is 0 Å². The first kappa shape index (κ1) is 13.8. The molecule has 0 saturated carbocycles. The van der Waals surface area contributed by atoms with Gasteiger partial charge in [0.1, 0.15) is 17.8 Å². The molecular formula is C18H21NO4. The number of aromatic hydroxyl groups is 1. The molecule has 0 aromatic heterocycles. The Hall–Kier alpha value is -1.56. The zero-order valence-corrected chi connectivity index (χ0v) is 13.3. The first-order valence-electron chi connectivity index (χ1n) is 8.20. The van der Waals surface area contributed by atoms with Gasteiger partial charge >= 0.3 is 0 Å². The second-order valence-corrected chi connectivity index (χ2v) is 7.26. The molecule has 0 radical (unpaired) electrons. The number of hydrogen-bond donors (Lipinski definition) is 2. The maximum atomic E-state index is 10.6. The molecule has 0 unspecified atom stereocenters. The lowest BCUT2D eigenvalue weighted by molar-refractivity contribution is -0.167. The third-order valence-corrected chi connectivity index (χ3v) is 6.59. The predicted molar refractivity (Wildman–Crippen MR) is 83.8 cm³/mol. The van der Waals surface area contributed by atoms with Crippen LogP contribution in [0.4, 0.5) is 0 Å². The number of likely N-dealkylation sites (N-methyl/N-ethyl adjacent to an activating group) is 1. The van der Waals surface area contributed by atoms with Crippen LogP contribution in [0.1, 0.15) is 17.5 Å². The Morgan fingerprint density at radius 2 is 2.22 bits per heavy atom. The Kier molecular flexibility index (Phi) is 2.46. The molecule has 4 aliphatic rings. The van der Waals surface area contributed by atoms with Gasteiger partial charge in [-0.25, -0.2) is 0 Å². The number of nitrogens with zero attached hydrogens (tertiary/aromatic N) is 1. The van der Waals surface area contributed by atoms with Crippen LogP contribution in [0.3, 0.4) is 0 Å². The SMILES string of the molecule is CO[C@@]12C=C[C@H](O)[C@@H]3Oc4c(O)ccc5c4[C@@]31CCN(C)[C@@H]2C5. The highest BCUT2D eigenvalue weighted by Gasteiger charge is 2.72. The van der Waals surface area contributed by atoms with Gasteiger partial charge in [-0.1, -0.05) is 18.2 Å². The molecule has 5 heteroatoms. The summed E-state index contributed by atoms with van der Waals surface area (Å²) in [7, 11) is 3.88. The third-order valence-electron chi connectivity index (χ3n) is 6.59. The summed E-state index contributed by atoms with van der Waals surface area (Å²) in [4.78, 5) is 2.35. The number of likely N-dealkylation sites (tertiary alicyclic amines) is 1. The minimum absolute atomic E-state index is 0.155. The average molecular weight is 315 g/mol. The van der Waals surface area contributed by atoms with Gasteiger partial charge in [0.15, 0.2) is 11.5 Å². The fraction of sp³-hybridized carbons (Fsp3) is 0.556. The van der Waals surface area contributed by atoms with Crippen LogP contribution in [0.25, 0.3) is 0 Å². The number of piperidine rings is 1. The molecule has 5 atom stereocenters. The molecule has 5 nitrogen and oxygen atoms in total. The first-order chi connectivity index (χ1) is 11.0. The molecule has 2 aliphatic heterocycles. The van der Waals surface area contributed by atoms with E-state index in [0.29, 0.717) is 5.75 Å². The van der Waals surface area contributed by atoms with Gasteiger partial charge in [-0.2, -0.15) is 0 Å². The van der Waals surface area contributed by atoms with Crippen LogP contribution in [-0.2, 0) is 16.6 Å². The largest absolute Gasteiger partial charge is 0.504 e. The van der Waals surface area contributed by atoms with E-state index in [2.05, 4.69) is 11.9 Å². The summed E-state index contributed by atoms with van der Waals surface area (Å²) in [6.07, 6.45) is 4.42. The maximum Gasteiger partial charge on any atom is 0.165 e. The molecule has 2 N–H and O–H groups in total. The lowest BCUT2D eigenvalue weighted by atomic mass is 9.50. The first-order valence-corrected chi connectivity index (χ1v) is 8.20. The van der Waals surface area contributed by atoms with Crippen LogP contribution >= 0.6 is 0 Å². The van der Waals surface area contributed by atoms with E-state index in [0.717, 1.165) is 24.9 Å². The molecule has 1 aromatic carbocycles. The van der Waals surface area contributed by atoms with Crippen molar-refractivity contribution >= 4 is 0 Å². The molecule has 2 heterocycles. The molecule has 2 aliphatic carbocycles. The van der Waals surface area contributed by atoms with E-state index >= 15 is 0 Å². The summed E-state index contributed by atoms with van der Waals surface area (Å²) in [6, 6.07) is 3.90. The van der Waals surface area contributed by atoms with E-state index in [1.807, 2.05) is 12.1 Å². The Morgan fingerprint density at radius 3 is 3.00 bits per heavy atom. The second kappa shape index (κ2) is 4.09. The summed E-state index contributed by atoms with van der Waals surface area (Å²) in [5.74, 6) is 0.696. The van der Waals surface area contributed by atoms with Crippen molar-refractivity contribution in [3.63, 3.8) is 0 Å². The summed E-state index contributed by atoms with van der Waals surface area (Å²) in [5, 5.41) is 20.9. The number of phenols is 1. The normalized spacial score (nSPS) is 43.2. The summed E-state index contributed by atoms with van der Waals surface area (Å²) in [6.45, 7) is 0.921. The van der Waals surface area contributed by atoms with E-state index < -0.39 is 23.2 Å². The molecule has 0 amide bonds. The lowest BCUT2D eigenvalue weighted by Crippen LogP contribution is -2.75.